The molecule has 0 saturated carbocycles. The van der Waals surface area contributed by atoms with Gasteiger partial charge in [-0.1, -0.05) is 0 Å². The van der Waals surface area contributed by atoms with Crippen molar-refractivity contribution in [3.05, 3.63) is 0 Å². The summed E-state index contributed by atoms with van der Waals surface area (Å²) in [7, 11) is 0. The van der Waals surface area contributed by atoms with Crippen LogP contribution in [0.2, 0.25) is 0 Å². The second-order valence-corrected chi connectivity index (χ2v) is 2.63. The second-order valence-electron chi connectivity index (χ2n) is 2.63. The van der Waals surface area contributed by atoms with Crippen LogP contribution in [0.3, 0.4) is 0 Å². The van der Waals surface area contributed by atoms with Crippen LogP contribution in [-0.2, 0) is 0 Å². The molecular formula is C7H8N6O. The average Bonchev–Trinajstić information content (AvgIpc) is 2.30. The molecule has 7 nitrogen and oxygen atoms in total. The molecule has 0 aromatic rings. The topological polar surface area (TPSA) is 73.0 Å². The number of hydrogen-bond acceptors (Lipinski definition) is 5. The number of nitrogens with zero attached hydrogens (tertiary/aromatic N) is 6. The van der Waals surface area contributed by atoms with Crippen LogP contribution in [0.4, 0.5) is 4.79 Å². The van der Waals surface area contributed by atoms with Crippen molar-refractivity contribution in [3.8, 4) is 0 Å². The number of aliphatic imine (C=N–C) groups is 4. The predicted octanol–water partition coefficient (Wildman–Crippen LogP) is -0.234. The van der Waals surface area contributed by atoms with E-state index in [1.54, 1.807) is 0 Å². The minimum Gasteiger partial charge on any atom is -0.264 e. The smallest absolute Gasteiger partial charge is 0.264 e. The fourth-order valence-electron chi connectivity index (χ4n) is 1.02. The normalized spacial score (nSPS) is 19.1. The Hall–Kier alpha value is -2.05. The summed E-state index contributed by atoms with van der Waals surface area (Å²) in [5.41, 5.74) is 0. The minimum atomic E-state index is -0.230. The lowest BCUT2D eigenvalue weighted by atomic mass is 10.6. The summed E-state index contributed by atoms with van der Waals surface area (Å²) < 4.78 is 0. The molecule has 0 spiro atoms. The lowest BCUT2D eigenvalue weighted by Crippen LogP contribution is -2.43. The molecule has 2 heterocycles. The quantitative estimate of drug-likeness (QED) is 0.522. The number of carbonyl (C=O) groups excluding carboxylic acids is 1. The van der Waals surface area contributed by atoms with E-state index in [2.05, 4.69) is 20.0 Å². The van der Waals surface area contributed by atoms with E-state index in [0.29, 0.717) is 0 Å². The van der Waals surface area contributed by atoms with E-state index in [1.807, 2.05) is 0 Å². The highest BCUT2D eigenvalue weighted by molar-refractivity contribution is 5.96. The van der Waals surface area contributed by atoms with Gasteiger partial charge in [-0.3, -0.25) is 19.8 Å². The van der Waals surface area contributed by atoms with E-state index in [4.69, 9.17) is 0 Å². The number of carbonyl (C=O) groups is 1. The van der Waals surface area contributed by atoms with Crippen molar-refractivity contribution >= 4 is 31.4 Å². The van der Waals surface area contributed by atoms with E-state index in [0.717, 1.165) is 0 Å². The first-order valence-corrected chi connectivity index (χ1v) is 3.98. The van der Waals surface area contributed by atoms with Crippen LogP contribution in [0.15, 0.2) is 20.0 Å². The second kappa shape index (κ2) is 3.77. The molecule has 0 aromatic carbocycles. The largest absolute Gasteiger partial charge is 0.333 e. The Morgan fingerprint density at radius 1 is 1.00 bits per heavy atom. The molecule has 0 saturated heterocycles. The molecule has 0 bridgehead atoms. The molecule has 0 aromatic heterocycles. The first-order chi connectivity index (χ1) is 6.88. The highest BCUT2D eigenvalue weighted by atomic mass is 16.2. The van der Waals surface area contributed by atoms with Crippen LogP contribution in [0.1, 0.15) is 0 Å². The first kappa shape index (κ1) is 8.54. The van der Waals surface area contributed by atoms with E-state index in [1.165, 1.54) is 35.2 Å². The average molecular weight is 192 g/mol. The van der Waals surface area contributed by atoms with Gasteiger partial charge in [-0.2, -0.15) is 0 Å². The number of urea groups is 1. The Bertz CT molecular complexity index is 312. The Morgan fingerprint density at radius 3 is 1.86 bits per heavy atom. The van der Waals surface area contributed by atoms with Gasteiger partial charge in [0.15, 0.2) is 0 Å². The number of amides is 2. The summed E-state index contributed by atoms with van der Waals surface area (Å²) in [5.74, 6) is 0. The molecule has 0 aliphatic carbocycles. The summed E-state index contributed by atoms with van der Waals surface area (Å²) >= 11 is 0. The Kier molecular flexibility index (Phi) is 2.30. The Labute approximate surface area is 80.2 Å². The third kappa shape index (κ3) is 1.65. The van der Waals surface area contributed by atoms with Crippen molar-refractivity contribution < 1.29 is 4.79 Å². The zero-order valence-corrected chi connectivity index (χ0v) is 7.32. The standard InChI is InChI=1S/C7H8N6O/c14-7(12-3-8-1-9-4-12)13-5-10-2-11-6-13/h1-3,5H,4,6H2. The molecule has 7 heteroatoms. The van der Waals surface area contributed by atoms with Gasteiger partial charge in [0.05, 0.1) is 0 Å². The van der Waals surface area contributed by atoms with Crippen LogP contribution in [0.25, 0.3) is 0 Å². The van der Waals surface area contributed by atoms with Crippen LogP contribution in [0.5, 0.6) is 0 Å². The molecule has 0 unspecified atom stereocenters. The van der Waals surface area contributed by atoms with Gasteiger partial charge in [0, 0.05) is 0 Å². The molecular weight excluding hydrogens is 184 g/mol. The molecule has 2 amide bonds. The van der Waals surface area contributed by atoms with Gasteiger partial charge in [0.1, 0.15) is 38.7 Å². The summed E-state index contributed by atoms with van der Waals surface area (Å²) in [4.78, 5) is 29.6. The Morgan fingerprint density at radius 2 is 1.50 bits per heavy atom. The lowest BCUT2D eigenvalue weighted by molar-refractivity contribution is 0.202. The maximum atomic E-state index is 11.7. The van der Waals surface area contributed by atoms with Crippen molar-refractivity contribution in [1.82, 2.24) is 9.80 Å². The fraction of sp³-hybridized carbons (Fsp3) is 0.286. The van der Waals surface area contributed by atoms with Gasteiger partial charge in [0.2, 0.25) is 0 Å². The summed E-state index contributed by atoms with van der Waals surface area (Å²) in [6, 6.07) is -0.230. The van der Waals surface area contributed by atoms with Gasteiger partial charge in [0.25, 0.3) is 0 Å². The van der Waals surface area contributed by atoms with E-state index < -0.39 is 0 Å². The van der Waals surface area contributed by atoms with Gasteiger partial charge in [-0.15, -0.1) is 0 Å². The molecule has 2 rings (SSSR count). The summed E-state index contributed by atoms with van der Waals surface area (Å²) in [5, 5.41) is 0. The predicted molar refractivity (Wildman–Crippen MR) is 52.8 cm³/mol. The zero-order valence-electron chi connectivity index (χ0n) is 7.32. The van der Waals surface area contributed by atoms with Crippen molar-refractivity contribution in [2.24, 2.45) is 20.0 Å². The van der Waals surface area contributed by atoms with Gasteiger partial charge >= 0.3 is 6.03 Å². The van der Waals surface area contributed by atoms with Crippen molar-refractivity contribution in [2.45, 2.75) is 0 Å². The van der Waals surface area contributed by atoms with Gasteiger partial charge in [-0.05, 0) is 0 Å². The molecule has 0 radical (unpaired) electrons. The fourth-order valence-corrected chi connectivity index (χ4v) is 1.02. The highest BCUT2D eigenvalue weighted by Crippen LogP contribution is 1.99. The van der Waals surface area contributed by atoms with Crippen LogP contribution in [0, 0.1) is 0 Å². The minimum absolute atomic E-state index is 0.230. The Balaban J connectivity index is 2.01. The molecule has 2 aliphatic rings. The molecule has 2 aliphatic heterocycles. The molecule has 0 N–H and O–H groups in total. The van der Waals surface area contributed by atoms with Gasteiger partial charge < -0.3 is 0 Å². The number of rotatable bonds is 0. The van der Waals surface area contributed by atoms with Crippen LogP contribution < -0.4 is 0 Å². The van der Waals surface area contributed by atoms with Crippen molar-refractivity contribution in [3.63, 3.8) is 0 Å². The maximum Gasteiger partial charge on any atom is 0.333 e. The van der Waals surface area contributed by atoms with E-state index in [9.17, 15) is 4.79 Å². The van der Waals surface area contributed by atoms with Crippen molar-refractivity contribution in [1.29, 1.82) is 0 Å². The van der Waals surface area contributed by atoms with Crippen molar-refractivity contribution in [2.75, 3.05) is 13.3 Å². The zero-order chi connectivity index (χ0) is 9.80. The molecule has 14 heavy (non-hydrogen) atoms. The first-order valence-electron chi connectivity index (χ1n) is 3.98. The third-order valence-corrected chi connectivity index (χ3v) is 1.67. The summed E-state index contributed by atoms with van der Waals surface area (Å²) in [6.07, 6.45) is 5.68. The van der Waals surface area contributed by atoms with Gasteiger partial charge in [-0.25, -0.2) is 14.8 Å². The SMILES string of the molecule is O=C(N1C=NC=NC1)N1C=NC=NC1. The lowest BCUT2D eigenvalue weighted by Gasteiger charge is -2.23. The summed E-state index contributed by atoms with van der Waals surface area (Å²) in [6.45, 7) is 0.576. The highest BCUT2D eigenvalue weighted by Gasteiger charge is 2.19. The third-order valence-electron chi connectivity index (χ3n) is 1.67. The molecule has 0 atom stereocenters. The monoisotopic (exact) mass is 192 g/mol. The molecule has 0 fully saturated rings. The number of hydrogen-bond donors (Lipinski definition) is 0. The van der Waals surface area contributed by atoms with Crippen LogP contribution >= 0.6 is 0 Å². The molecule has 72 valence electrons. The van der Waals surface area contributed by atoms with E-state index in [-0.39, 0.29) is 19.4 Å². The van der Waals surface area contributed by atoms with E-state index >= 15 is 0 Å². The maximum absolute atomic E-state index is 11.7. The van der Waals surface area contributed by atoms with Crippen LogP contribution in [-0.4, -0.2) is 54.5 Å².